The fourth-order valence-corrected chi connectivity index (χ4v) is 7.06. The molecule has 4 rings (SSSR count). The van der Waals surface area contributed by atoms with E-state index in [1.165, 1.54) is 44.8 Å². The van der Waals surface area contributed by atoms with Gasteiger partial charge in [0.25, 0.3) is 5.91 Å². The number of fused-ring (bicyclic) bond motifs is 1. The van der Waals surface area contributed by atoms with E-state index in [2.05, 4.69) is 24.0 Å². The van der Waals surface area contributed by atoms with Gasteiger partial charge in [0.15, 0.2) is 4.80 Å². The lowest BCUT2D eigenvalue weighted by Gasteiger charge is -2.33. The number of ether oxygens (including phenoxy) is 1. The topological polar surface area (TPSA) is 101 Å². The van der Waals surface area contributed by atoms with Crippen molar-refractivity contribution in [3.8, 4) is 0 Å². The summed E-state index contributed by atoms with van der Waals surface area (Å²) in [6.45, 7) is 9.67. The number of rotatable bonds is 5. The van der Waals surface area contributed by atoms with E-state index in [0.717, 1.165) is 21.3 Å². The molecule has 1 saturated heterocycles. The summed E-state index contributed by atoms with van der Waals surface area (Å²) in [5.74, 6) is -0.426. The third kappa shape index (κ3) is 5.09. The lowest BCUT2D eigenvalue weighted by Crippen LogP contribution is -2.50. The van der Waals surface area contributed by atoms with E-state index < -0.39 is 22.0 Å². The number of hydrogen-bond acceptors (Lipinski definition) is 6. The Balaban J connectivity index is 1.54. The molecule has 0 radical (unpaired) electrons. The van der Waals surface area contributed by atoms with Crippen molar-refractivity contribution >= 4 is 43.6 Å². The molecule has 192 valence electrons. The third-order valence-corrected chi connectivity index (χ3v) is 9.07. The second-order valence-corrected chi connectivity index (χ2v) is 11.5. The van der Waals surface area contributed by atoms with Crippen LogP contribution in [0.3, 0.4) is 0 Å². The number of benzene rings is 2. The second-order valence-electron chi connectivity index (χ2n) is 8.59. The van der Waals surface area contributed by atoms with Gasteiger partial charge in [0.1, 0.15) is 0 Å². The number of aromatic nitrogens is 1. The first-order valence-electron chi connectivity index (χ1n) is 11.9. The van der Waals surface area contributed by atoms with Crippen molar-refractivity contribution in [2.45, 2.75) is 39.1 Å². The molecule has 11 heteroatoms. The van der Waals surface area contributed by atoms with Gasteiger partial charge < -0.3 is 14.2 Å². The highest BCUT2D eigenvalue weighted by Crippen LogP contribution is 2.23. The number of thiazole rings is 1. The Hall–Kier alpha value is -3.02. The molecule has 1 aliphatic rings. The van der Waals surface area contributed by atoms with Crippen LogP contribution in [0.5, 0.6) is 0 Å². The first-order valence-corrected chi connectivity index (χ1v) is 14.1. The summed E-state index contributed by atoms with van der Waals surface area (Å²) >= 11 is 1.47. The van der Waals surface area contributed by atoms with Gasteiger partial charge in [0, 0.05) is 38.3 Å². The molecule has 1 aliphatic heterocycles. The molecule has 0 bridgehead atoms. The summed E-state index contributed by atoms with van der Waals surface area (Å²) in [4.78, 5) is 31.4. The van der Waals surface area contributed by atoms with E-state index in [0.29, 0.717) is 16.9 Å². The van der Waals surface area contributed by atoms with Crippen molar-refractivity contribution in [3.05, 3.63) is 57.9 Å². The summed E-state index contributed by atoms with van der Waals surface area (Å²) in [6, 6.07) is 10.1. The molecular weight excluding hydrogens is 500 g/mol. The molecule has 0 unspecified atom stereocenters. The Bertz CT molecular complexity index is 1460. The maximum Gasteiger partial charge on any atom is 0.409 e. The highest BCUT2D eigenvalue weighted by atomic mass is 32.2. The van der Waals surface area contributed by atoms with Crippen LogP contribution in [0.15, 0.2) is 46.3 Å². The molecule has 2 amide bonds. The highest BCUT2D eigenvalue weighted by Gasteiger charge is 2.30. The van der Waals surface area contributed by atoms with Gasteiger partial charge in [-0.15, -0.1) is 0 Å². The van der Waals surface area contributed by atoms with Gasteiger partial charge in [-0.3, -0.25) is 4.79 Å². The van der Waals surface area contributed by atoms with Gasteiger partial charge in [-0.1, -0.05) is 17.4 Å². The minimum Gasteiger partial charge on any atom is -0.450 e. The van der Waals surface area contributed by atoms with Crippen LogP contribution in [0, 0.1) is 13.8 Å². The molecule has 0 spiro atoms. The van der Waals surface area contributed by atoms with Crippen molar-refractivity contribution in [2.24, 2.45) is 4.99 Å². The SMILES string of the molecule is CCOC(=O)N1CCN(S(=O)(=O)c2ccc(C(=O)N=c3sc4cc(C)cc(C)c4n3CC)cc2)CC1. The lowest BCUT2D eigenvalue weighted by atomic mass is 10.1. The van der Waals surface area contributed by atoms with Gasteiger partial charge in [0.2, 0.25) is 10.0 Å². The van der Waals surface area contributed by atoms with Crippen LogP contribution in [0.25, 0.3) is 10.2 Å². The quantitative estimate of drug-likeness (QED) is 0.502. The predicted octanol–water partition coefficient (Wildman–Crippen LogP) is 3.54. The first-order chi connectivity index (χ1) is 17.1. The number of piperazine rings is 1. The molecule has 1 fully saturated rings. The van der Waals surface area contributed by atoms with E-state index in [9.17, 15) is 18.0 Å². The Morgan fingerprint density at radius 1 is 1.03 bits per heavy atom. The third-order valence-electron chi connectivity index (χ3n) is 6.13. The van der Waals surface area contributed by atoms with Crippen LogP contribution in [0.1, 0.15) is 35.3 Å². The van der Waals surface area contributed by atoms with E-state index in [1.54, 1.807) is 6.92 Å². The fraction of sp³-hybridized carbons (Fsp3) is 0.400. The molecule has 2 heterocycles. The molecular formula is C25H30N4O5S2. The van der Waals surface area contributed by atoms with Crippen LogP contribution >= 0.6 is 11.3 Å². The number of amides is 2. The van der Waals surface area contributed by atoms with Crippen molar-refractivity contribution in [2.75, 3.05) is 32.8 Å². The number of nitrogens with zero attached hydrogens (tertiary/aromatic N) is 4. The molecule has 1 aromatic heterocycles. The highest BCUT2D eigenvalue weighted by molar-refractivity contribution is 7.89. The van der Waals surface area contributed by atoms with Gasteiger partial charge in [0.05, 0.1) is 21.7 Å². The van der Waals surface area contributed by atoms with Gasteiger partial charge in [-0.2, -0.15) is 9.30 Å². The van der Waals surface area contributed by atoms with E-state index in [4.69, 9.17) is 4.74 Å². The maximum atomic E-state index is 13.1. The van der Waals surface area contributed by atoms with Crippen LogP contribution in [0.2, 0.25) is 0 Å². The average Bonchev–Trinajstić information content (AvgIpc) is 3.21. The normalized spacial score (nSPS) is 15.4. The zero-order valence-electron chi connectivity index (χ0n) is 20.9. The zero-order valence-corrected chi connectivity index (χ0v) is 22.5. The largest absolute Gasteiger partial charge is 0.450 e. The predicted molar refractivity (Wildman–Crippen MR) is 139 cm³/mol. The van der Waals surface area contributed by atoms with Gasteiger partial charge >= 0.3 is 6.09 Å². The monoisotopic (exact) mass is 530 g/mol. The molecule has 3 aromatic rings. The van der Waals surface area contributed by atoms with E-state index >= 15 is 0 Å². The zero-order chi connectivity index (χ0) is 26.0. The lowest BCUT2D eigenvalue weighted by molar-refractivity contribution is 0.0933. The van der Waals surface area contributed by atoms with Crippen molar-refractivity contribution in [1.82, 2.24) is 13.8 Å². The van der Waals surface area contributed by atoms with Crippen LogP contribution in [-0.4, -0.2) is 67.0 Å². The van der Waals surface area contributed by atoms with Crippen molar-refractivity contribution in [3.63, 3.8) is 0 Å². The summed E-state index contributed by atoms with van der Waals surface area (Å²) in [5, 5.41) is 0. The molecule has 0 aliphatic carbocycles. The summed E-state index contributed by atoms with van der Waals surface area (Å²) in [7, 11) is -3.75. The number of carbonyl (C=O) groups excluding carboxylic acids is 2. The molecule has 0 saturated carbocycles. The molecule has 0 atom stereocenters. The number of hydrogen-bond donors (Lipinski definition) is 0. The Labute approximate surface area is 214 Å². The van der Waals surface area contributed by atoms with Crippen LogP contribution in [-0.2, 0) is 21.3 Å². The Kier molecular flexibility index (Phi) is 7.62. The van der Waals surface area contributed by atoms with Crippen molar-refractivity contribution < 1.29 is 22.7 Å². The Morgan fingerprint density at radius 3 is 2.31 bits per heavy atom. The van der Waals surface area contributed by atoms with Crippen molar-refractivity contribution in [1.29, 1.82) is 0 Å². The van der Waals surface area contributed by atoms with E-state index in [1.807, 2.05) is 18.4 Å². The summed E-state index contributed by atoms with van der Waals surface area (Å²) in [5.41, 5.74) is 3.68. The summed E-state index contributed by atoms with van der Waals surface area (Å²) in [6.07, 6.45) is -0.436. The standard InChI is InChI=1S/C25H30N4O5S2/c1-5-29-22-18(4)15-17(3)16-21(22)35-24(29)26-23(30)19-7-9-20(10-8-19)36(32,33)28-13-11-27(12-14-28)25(31)34-6-2/h7-10,15-16H,5-6,11-14H2,1-4H3. The smallest absolute Gasteiger partial charge is 0.409 e. The second kappa shape index (κ2) is 10.5. The number of carbonyl (C=O) groups is 2. The van der Waals surface area contributed by atoms with Crippen LogP contribution in [0.4, 0.5) is 4.79 Å². The minimum absolute atomic E-state index is 0.0974. The molecule has 9 nitrogen and oxygen atoms in total. The summed E-state index contributed by atoms with van der Waals surface area (Å²) < 4.78 is 35.6. The maximum absolute atomic E-state index is 13.1. The first kappa shape index (κ1) is 26.1. The molecule has 2 aromatic carbocycles. The van der Waals surface area contributed by atoms with Gasteiger partial charge in [-0.05, 0) is 69.2 Å². The van der Waals surface area contributed by atoms with E-state index in [-0.39, 0.29) is 37.7 Å². The minimum atomic E-state index is -3.75. The van der Waals surface area contributed by atoms with Gasteiger partial charge in [-0.25, -0.2) is 13.2 Å². The number of sulfonamides is 1. The Morgan fingerprint density at radius 2 is 1.69 bits per heavy atom. The average molecular weight is 531 g/mol. The molecule has 36 heavy (non-hydrogen) atoms. The fourth-order valence-electron chi connectivity index (χ4n) is 4.37. The number of aryl methyl sites for hydroxylation is 3. The molecule has 0 N–H and O–H groups in total. The van der Waals surface area contributed by atoms with Crippen LogP contribution < -0.4 is 4.80 Å².